The van der Waals surface area contributed by atoms with Crippen molar-refractivity contribution in [2.45, 2.75) is 39.0 Å². The number of unbranched alkanes of at least 4 members (excludes halogenated alkanes) is 2. The summed E-state index contributed by atoms with van der Waals surface area (Å²) in [6, 6.07) is 12.0. The van der Waals surface area contributed by atoms with Gasteiger partial charge in [-0.15, -0.1) is 0 Å². The summed E-state index contributed by atoms with van der Waals surface area (Å²) in [4.78, 5) is 37.6. The predicted octanol–water partition coefficient (Wildman–Crippen LogP) is 4.35. The smallest absolute Gasteiger partial charge is 0.407 e. The van der Waals surface area contributed by atoms with Gasteiger partial charge in [0.2, 0.25) is 0 Å². The first-order valence-electron chi connectivity index (χ1n) is 11.8. The number of anilines is 1. The second-order valence-corrected chi connectivity index (χ2v) is 8.29. The molecule has 2 aromatic rings. The lowest BCUT2D eigenvalue weighted by atomic mass is 9.98. The van der Waals surface area contributed by atoms with Crippen molar-refractivity contribution in [3.8, 4) is 16.9 Å². The van der Waals surface area contributed by atoms with E-state index in [-0.39, 0.29) is 6.03 Å². The van der Waals surface area contributed by atoms with Gasteiger partial charge in [-0.2, -0.15) is 0 Å². The number of hydrogen-bond acceptors (Lipinski definition) is 4. The Balaban J connectivity index is 1.75. The maximum absolute atomic E-state index is 12.3. The number of urea groups is 1. The molecule has 8 heteroatoms. The normalized spacial score (nSPS) is 12.2. The molecule has 3 rings (SSSR count). The molecule has 34 heavy (non-hydrogen) atoms. The number of nitrogens with zero attached hydrogens (tertiary/aromatic N) is 2. The fourth-order valence-corrected chi connectivity index (χ4v) is 4.28. The van der Waals surface area contributed by atoms with Gasteiger partial charge in [0.1, 0.15) is 12.0 Å². The number of aldehydes is 1. The van der Waals surface area contributed by atoms with Crippen LogP contribution in [0, 0.1) is 0 Å². The summed E-state index contributed by atoms with van der Waals surface area (Å²) in [5.41, 5.74) is 5.07. The van der Waals surface area contributed by atoms with Gasteiger partial charge >= 0.3 is 12.1 Å². The minimum absolute atomic E-state index is 0.0742. The fraction of sp³-hybridized carbons (Fsp3) is 0.423. The molecule has 1 aliphatic rings. The lowest BCUT2D eigenvalue weighted by Crippen LogP contribution is -2.38. The Kier molecular flexibility index (Phi) is 8.90. The average molecular weight is 468 g/mol. The lowest BCUT2D eigenvalue weighted by Gasteiger charge is -2.20. The maximum Gasteiger partial charge on any atom is 0.407 e. The number of nitrogens with one attached hydrogen (secondary N) is 1. The molecule has 182 valence electrons. The Morgan fingerprint density at radius 2 is 1.91 bits per heavy atom. The van der Waals surface area contributed by atoms with Gasteiger partial charge < -0.3 is 24.9 Å². The monoisotopic (exact) mass is 467 g/mol. The highest BCUT2D eigenvalue weighted by atomic mass is 16.5. The average Bonchev–Trinajstić information content (AvgIpc) is 3.27. The molecule has 0 aliphatic carbocycles. The summed E-state index contributed by atoms with van der Waals surface area (Å²) in [6.07, 6.45) is 3.01. The van der Waals surface area contributed by atoms with Gasteiger partial charge in [-0.05, 0) is 79.1 Å². The van der Waals surface area contributed by atoms with Crippen LogP contribution < -0.4 is 15.0 Å². The molecular weight excluding hydrogens is 434 g/mol. The van der Waals surface area contributed by atoms with Crippen LogP contribution in [-0.2, 0) is 17.6 Å². The highest BCUT2D eigenvalue weighted by Gasteiger charge is 2.24. The molecule has 2 aromatic carbocycles. The van der Waals surface area contributed by atoms with Crippen LogP contribution in [0.1, 0.15) is 37.3 Å². The third kappa shape index (κ3) is 6.07. The van der Waals surface area contributed by atoms with Crippen LogP contribution >= 0.6 is 0 Å². The quantitative estimate of drug-likeness (QED) is 0.378. The van der Waals surface area contributed by atoms with E-state index in [0.29, 0.717) is 51.9 Å². The number of rotatable bonds is 11. The SMILES string of the molecule is CCNC(=O)N1CCc2cc(-c3ccc(OC)c(CCN(CCCCC=O)C(=O)O)c3)ccc21. The first-order valence-corrected chi connectivity index (χ1v) is 11.8. The summed E-state index contributed by atoms with van der Waals surface area (Å²) < 4.78 is 5.52. The summed E-state index contributed by atoms with van der Waals surface area (Å²) in [6.45, 7) is 3.91. The van der Waals surface area contributed by atoms with E-state index in [1.54, 1.807) is 12.0 Å². The van der Waals surface area contributed by atoms with Gasteiger partial charge in [-0.1, -0.05) is 12.1 Å². The molecule has 2 N–H and O–H groups in total. The minimum atomic E-state index is -0.962. The third-order valence-corrected chi connectivity index (χ3v) is 6.08. The fourth-order valence-electron chi connectivity index (χ4n) is 4.28. The standard InChI is InChI=1S/C26H33N3O5/c1-3-27-25(31)29-15-12-21-17-19(7-9-23(21)29)20-8-10-24(34-2)22(18-20)11-14-28(26(32)33)13-5-4-6-16-30/h7-10,16-18H,3-6,11-15H2,1-2H3,(H,27,31)(H,32,33). The third-order valence-electron chi connectivity index (χ3n) is 6.08. The van der Waals surface area contributed by atoms with E-state index in [9.17, 15) is 19.5 Å². The van der Waals surface area contributed by atoms with Crippen LogP contribution in [-0.4, -0.2) is 61.7 Å². The minimum Gasteiger partial charge on any atom is -0.496 e. The Morgan fingerprint density at radius 1 is 1.15 bits per heavy atom. The van der Waals surface area contributed by atoms with Gasteiger partial charge in [-0.25, -0.2) is 9.59 Å². The van der Waals surface area contributed by atoms with Gasteiger partial charge in [-0.3, -0.25) is 4.90 Å². The van der Waals surface area contributed by atoms with Crippen LogP contribution in [0.5, 0.6) is 5.75 Å². The van der Waals surface area contributed by atoms with Gasteiger partial charge in [0.05, 0.1) is 7.11 Å². The summed E-state index contributed by atoms with van der Waals surface area (Å²) in [7, 11) is 1.61. The summed E-state index contributed by atoms with van der Waals surface area (Å²) in [5, 5.41) is 12.4. The molecule has 0 atom stereocenters. The largest absolute Gasteiger partial charge is 0.496 e. The molecule has 0 saturated heterocycles. The maximum atomic E-state index is 12.3. The first kappa shape index (κ1) is 25.1. The number of carbonyl (C=O) groups is 3. The first-order chi connectivity index (χ1) is 16.5. The van der Waals surface area contributed by atoms with Crippen molar-refractivity contribution < 1.29 is 24.2 Å². The highest BCUT2D eigenvalue weighted by Crippen LogP contribution is 2.34. The molecule has 1 aliphatic heterocycles. The van der Waals surface area contributed by atoms with E-state index in [0.717, 1.165) is 46.4 Å². The molecule has 0 saturated carbocycles. The number of carbonyl (C=O) groups excluding carboxylic acids is 2. The Hall–Kier alpha value is -3.55. The second-order valence-electron chi connectivity index (χ2n) is 8.29. The van der Waals surface area contributed by atoms with E-state index in [2.05, 4.69) is 11.4 Å². The van der Waals surface area contributed by atoms with Crippen LogP contribution in [0.3, 0.4) is 0 Å². The van der Waals surface area contributed by atoms with Gasteiger partial charge in [0.25, 0.3) is 0 Å². The van der Waals surface area contributed by atoms with Crippen molar-refractivity contribution in [1.29, 1.82) is 0 Å². The number of hydrogen-bond donors (Lipinski definition) is 2. The molecule has 0 aromatic heterocycles. The molecule has 0 bridgehead atoms. The summed E-state index contributed by atoms with van der Waals surface area (Å²) >= 11 is 0. The molecule has 0 spiro atoms. The number of benzene rings is 2. The molecular formula is C26H33N3O5. The zero-order valence-electron chi connectivity index (χ0n) is 19.9. The number of carboxylic acid groups (broad SMARTS) is 1. The van der Waals surface area contributed by atoms with Crippen molar-refractivity contribution in [2.24, 2.45) is 0 Å². The van der Waals surface area contributed by atoms with Gasteiger partial charge in [0, 0.05) is 38.3 Å². The zero-order chi connectivity index (χ0) is 24.5. The Labute approximate surface area is 200 Å². The van der Waals surface area contributed by atoms with Crippen LogP contribution in [0.15, 0.2) is 36.4 Å². The molecule has 3 amide bonds. The van der Waals surface area contributed by atoms with Crippen LogP contribution in [0.25, 0.3) is 11.1 Å². The van der Waals surface area contributed by atoms with E-state index in [4.69, 9.17) is 4.74 Å². The molecule has 0 fully saturated rings. The van der Waals surface area contributed by atoms with Crippen molar-refractivity contribution in [2.75, 3.05) is 38.2 Å². The zero-order valence-corrected chi connectivity index (χ0v) is 19.9. The van der Waals surface area contributed by atoms with E-state index < -0.39 is 6.09 Å². The molecule has 1 heterocycles. The number of ether oxygens (including phenoxy) is 1. The van der Waals surface area contributed by atoms with Crippen LogP contribution in [0.4, 0.5) is 15.3 Å². The number of fused-ring (bicyclic) bond motifs is 1. The van der Waals surface area contributed by atoms with E-state index in [1.807, 2.05) is 37.3 Å². The number of methoxy groups -OCH3 is 1. The topological polar surface area (TPSA) is 99.2 Å². The van der Waals surface area contributed by atoms with Crippen LogP contribution in [0.2, 0.25) is 0 Å². The Morgan fingerprint density at radius 3 is 2.62 bits per heavy atom. The second kappa shape index (κ2) is 12.1. The predicted molar refractivity (Wildman–Crippen MR) is 132 cm³/mol. The van der Waals surface area contributed by atoms with E-state index in [1.165, 1.54) is 4.90 Å². The van der Waals surface area contributed by atoms with E-state index >= 15 is 0 Å². The van der Waals surface area contributed by atoms with Crippen molar-refractivity contribution in [1.82, 2.24) is 10.2 Å². The molecule has 0 radical (unpaired) electrons. The molecule has 0 unspecified atom stereocenters. The number of amides is 3. The lowest BCUT2D eigenvalue weighted by molar-refractivity contribution is -0.107. The van der Waals surface area contributed by atoms with Crippen molar-refractivity contribution in [3.05, 3.63) is 47.5 Å². The van der Waals surface area contributed by atoms with Crippen molar-refractivity contribution >= 4 is 24.1 Å². The highest BCUT2D eigenvalue weighted by molar-refractivity contribution is 5.94. The van der Waals surface area contributed by atoms with Gasteiger partial charge in [0.15, 0.2) is 0 Å². The summed E-state index contributed by atoms with van der Waals surface area (Å²) in [5.74, 6) is 0.721. The molecule has 8 nitrogen and oxygen atoms in total. The van der Waals surface area contributed by atoms with Crippen molar-refractivity contribution in [3.63, 3.8) is 0 Å². The Bertz CT molecular complexity index is 1020.